The molecule has 2 amide bonds. The zero-order chi connectivity index (χ0) is 32.2. The lowest BCUT2D eigenvalue weighted by Crippen LogP contribution is -2.58. The molecule has 0 aromatic heterocycles. The molecule has 4 aliphatic carbocycles. The Hall–Kier alpha value is -2.79. The van der Waals surface area contributed by atoms with Crippen LogP contribution in [0, 0.1) is 55.7 Å². The van der Waals surface area contributed by atoms with Gasteiger partial charge in [-0.2, -0.15) is 5.26 Å². The Kier molecular flexibility index (Phi) is 8.45. The number of carbonyl (C=O) groups excluding carboxylic acids is 4. The molecule has 2 fully saturated rings. The number of carbonyl (C=O) groups is 4. The topological polar surface area (TPSA) is 125 Å². The van der Waals surface area contributed by atoms with E-state index in [2.05, 4.69) is 58.5 Å². The van der Waals surface area contributed by atoms with Gasteiger partial charge >= 0.3 is 0 Å². The molecule has 0 saturated heterocycles. The fourth-order valence-electron chi connectivity index (χ4n) is 9.66. The number of Topliss-reactive ketones (excluding diaryl/α,β-unsaturated/α-hetero) is 1. The Balaban J connectivity index is 1.70. The van der Waals surface area contributed by atoms with Gasteiger partial charge in [0.1, 0.15) is 12.7 Å². The molecule has 2 N–H and O–H groups in total. The summed E-state index contributed by atoms with van der Waals surface area (Å²) in [4.78, 5) is 52.9. The maximum Gasteiger partial charge on any atom is 0.264 e. The van der Waals surface area contributed by atoms with Crippen molar-refractivity contribution >= 4 is 23.4 Å². The van der Waals surface area contributed by atoms with Gasteiger partial charge in [0, 0.05) is 24.4 Å². The summed E-state index contributed by atoms with van der Waals surface area (Å²) >= 11 is 0. The highest BCUT2D eigenvalue weighted by Crippen LogP contribution is 2.69. The summed E-state index contributed by atoms with van der Waals surface area (Å²) in [5.41, 5.74) is 3.73. The van der Waals surface area contributed by atoms with Crippen LogP contribution in [0.3, 0.4) is 0 Å². The second-order valence-corrected chi connectivity index (χ2v) is 16.0. The molecule has 2 saturated carbocycles. The van der Waals surface area contributed by atoms with Crippen molar-refractivity contribution < 1.29 is 23.9 Å². The number of rotatable bonds is 6. The van der Waals surface area contributed by atoms with E-state index in [1.807, 2.05) is 26.0 Å². The molecule has 8 heteroatoms. The molecule has 4 aliphatic rings. The number of hydrazine groups is 1. The van der Waals surface area contributed by atoms with E-state index in [4.69, 9.17) is 4.74 Å². The average Bonchev–Trinajstić information content (AvgIpc) is 2.90. The highest BCUT2D eigenvalue weighted by Gasteiger charge is 2.63. The van der Waals surface area contributed by atoms with E-state index in [-0.39, 0.29) is 52.3 Å². The van der Waals surface area contributed by atoms with E-state index in [1.54, 1.807) is 0 Å². The number of allylic oxidation sites excluding steroid dienone is 4. The predicted molar refractivity (Wildman–Crippen MR) is 164 cm³/mol. The second kappa shape index (κ2) is 11.0. The average molecular weight is 594 g/mol. The number of ether oxygens (including phenoxy) is 1. The number of nitrogens with zero attached hydrogens (tertiary/aromatic N) is 1. The van der Waals surface area contributed by atoms with Crippen LogP contribution < -0.4 is 10.9 Å². The zero-order valence-corrected chi connectivity index (χ0v) is 27.7. The van der Waals surface area contributed by atoms with Crippen molar-refractivity contribution in [2.75, 3.05) is 13.7 Å². The fraction of sp³-hybridized carbons (Fsp3) is 0.743. The van der Waals surface area contributed by atoms with Crippen LogP contribution in [-0.2, 0) is 23.9 Å². The maximum atomic E-state index is 13.9. The molecule has 0 aliphatic heterocycles. The van der Waals surface area contributed by atoms with Gasteiger partial charge < -0.3 is 4.74 Å². The minimum absolute atomic E-state index is 0.0208. The molecule has 1 unspecified atom stereocenters. The van der Waals surface area contributed by atoms with Gasteiger partial charge in [0.25, 0.3) is 5.91 Å². The van der Waals surface area contributed by atoms with Crippen molar-refractivity contribution in [2.45, 2.75) is 107 Å². The van der Waals surface area contributed by atoms with Crippen LogP contribution in [0.1, 0.15) is 107 Å². The first-order chi connectivity index (χ1) is 19.8. The first kappa shape index (κ1) is 33.1. The largest absolute Gasteiger partial charge is 0.375 e. The van der Waals surface area contributed by atoms with Crippen molar-refractivity contribution in [2.24, 2.45) is 44.3 Å². The fourth-order valence-corrected chi connectivity index (χ4v) is 9.66. The normalized spacial score (nSPS) is 38.0. The van der Waals surface area contributed by atoms with Crippen LogP contribution in [0.15, 0.2) is 23.3 Å². The molecule has 0 aromatic carbocycles. The van der Waals surface area contributed by atoms with Gasteiger partial charge in [0.05, 0.1) is 11.0 Å². The number of fused-ring (bicyclic) bond motifs is 3. The molecule has 0 spiro atoms. The Morgan fingerprint density at radius 1 is 1.02 bits per heavy atom. The quantitative estimate of drug-likeness (QED) is 0.376. The van der Waals surface area contributed by atoms with Crippen LogP contribution >= 0.6 is 0 Å². The van der Waals surface area contributed by atoms with E-state index in [1.165, 1.54) is 7.11 Å². The summed E-state index contributed by atoms with van der Waals surface area (Å²) in [6.07, 6.45) is 9.39. The minimum atomic E-state index is -0.715. The van der Waals surface area contributed by atoms with Crippen LogP contribution in [0.4, 0.5) is 0 Å². The first-order valence-electron chi connectivity index (χ1n) is 15.8. The van der Waals surface area contributed by atoms with Gasteiger partial charge in [-0.1, -0.05) is 67.0 Å². The molecule has 0 aromatic rings. The third-order valence-corrected chi connectivity index (χ3v) is 12.5. The van der Waals surface area contributed by atoms with Crippen LogP contribution in [0.2, 0.25) is 0 Å². The first-order valence-corrected chi connectivity index (χ1v) is 15.8. The van der Waals surface area contributed by atoms with Crippen molar-refractivity contribution in [1.82, 2.24) is 10.9 Å². The number of nitriles is 1. The Morgan fingerprint density at radius 3 is 2.30 bits per heavy atom. The lowest BCUT2D eigenvalue weighted by molar-refractivity contribution is -0.145. The predicted octanol–water partition coefficient (Wildman–Crippen LogP) is 5.78. The van der Waals surface area contributed by atoms with E-state index in [9.17, 15) is 24.4 Å². The second-order valence-electron chi connectivity index (χ2n) is 16.0. The smallest absolute Gasteiger partial charge is 0.264 e. The molecular formula is C35H51N3O5. The number of hydrogen-bond donors (Lipinski definition) is 2. The third kappa shape index (κ3) is 5.30. The highest BCUT2D eigenvalue weighted by molar-refractivity contribution is 6.04. The van der Waals surface area contributed by atoms with Crippen molar-refractivity contribution in [3.05, 3.63) is 23.3 Å². The third-order valence-electron chi connectivity index (χ3n) is 12.5. The molecule has 43 heavy (non-hydrogen) atoms. The van der Waals surface area contributed by atoms with Crippen molar-refractivity contribution in [3.63, 3.8) is 0 Å². The number of hydrogen-bond acceptors (Lipinski definition) is 6. The molecule has 0 heterocycles. The molecule has 4 rings (SSSR count). The Labute approximate surface area is 257 Å². The molecule has 0 radical (unpaired) electrons. The Morgan fingerprint density at radius 2 is 1.70 bits per heavy atom. The minimum Gasteiger partial charge on any atom is -0.375 e. The molecule has 236 valence electrons. The summed E-state index contributed by atoms with van der Waals surface area (Å²) in [5.74, 6) is -0.608. The van der Waals surface area contributed by atoms with Gasteiger partial charge in [-0.15, -0.1) is 0 Å². The van der Waals surface area contributed by atoms with Gasteiger partial charge in [-0.05, 0) is 79.1 Å². The monoisotopic (exact) mass is 593 g/mol. The summed E-state index contributed by atoms with van der Waals surface area (Å²) < 4.78 is 4.90. The highest BCUT2D eigenvalue weighted by atomic mass is 16.5. The van der Waals surface area contributed by atoms with E-state index in [0.29, 0.717) is 25.7 Å². The van der Waals surface area contributed by atoms with Gasteiger partial charge in [-0.25, -0.2) is 0 Å². The number of ketones is 2. The number of amides is 2. The summed E-state index contributed by atoms with van der Waals surface area (Å²) in [5, 5.41) is 9.90. The van der Waals surface area contributed by atoms with E-state index in [0.717, 1.165) is 31.3 Å². The summed E-state index contributed by atoms with van der Waals surface area (Å²) in [6, 6.07) is 2.15. The van der Waals surface area contributed by atoms with Crippen molar-refractivity contribution in [3.8, 4) is 6.07 Å². The lowest BCUT2D eigenvalue weighted by Gasteiger charge is -2.63. The van der Waals surface area contributed by atoms with Gasteiger partial charge in [0.15, 0.2) is 11.6 Å². The number of nitrogens with one attached hydrogen (secondary N) is 2. The molecular weight excluding hydrogens is 542 g/mol. The van der Waals surface area contributed by atoms with E-state index < -0.39 is 27.6 Å². The van der Waals surface area contributed by atoms with Crippen LogP contribution in [0.5, 0.6) is 0 Å². The molecule has 6 atom stereocenters. The number of methoxy groups -OCH3 is 1. The SMILES string of the molecule is COCC(=O)NNC(=O)[C@]1(CC[C@]2(C)CC(=O)C=C3[C@@]4(C)C=C(C#N)C(=O)C(C)(C)[C@@H]4CC[C@]32C)CCC(C)(C)CC1C. The molecule has 0 bridgehead atoms. The molecule has 8 nitrogen and oxygen atoms in total. The summed E-state index contributed by atoms with van der Waals surface area (Å²) in [6.45, 7) is 16.9. The van der Waals surface area contributed by atoms with Crippen molar-refractivity contribution in [1.29, 1.82) is 5.26 Å². The summed E-state index contributed by atoms with van der Waals surface area (Å²) in [7, 11) is 1.43. The van der Waals surface area contributed by atoms with Crippen LogP contribution in [0.25, 0.3) is 0 Å². The Bertz CT molecular complexity index is 1320. The van der Waals surface area contributed by atoms with Crippen LogP contribution in [-0.4, -0.2) is 37.1 Å². The maximum absolute atomic E-state index is 13.9. The van der Waals surface area contributed by atoms with Gasteiger partial charge in [-0.3, -0.25) is 30.0 Å². The standard InChI is InChI=1S/C35H51N3O5/c1-22-17-30(2,3)12-14-35(22,29(42)38-37-27(40)21-43-9)15-13-32(6)19-24(39)16-26-33(7)18-23(20-36)28(41)31(4,5)25(33)10-11-34(26,32)8/h16,18,22,25H,10-15,17,19,21H2,1-9H3,(H,37,40)(H,38,42)/t22?,25-,32+,33-,34+,35-/m0/s1. The van der Waals surface area contributed by atoms with E-state index >= 15 is 0 Å². The lowest BCUT2D eigenvalue weighted by atomic mass is 9.40. The van der Waals surface area contributed by atoms with Gasteiger partial charge in [0.2, 0.25) is 5.91 Å². The zero-order valence-electron chi connectivity index (χ0n) is 27.7.